The zero-order chi connectivity index (χ0) is 13.4. The van der Waals surface area contributed by atoms with Gasteiger partial charge in [-0.05, 0) is 59.9 Å². The van der Waals surface area contributed by atoms with E-state index in [1.165, 1.54) is 12.0 Å². The Morgan fingerprint density at radius 1 is 1.42 bits per heavy atom. The van der Waals surface area contributed by atoms with Crippen molar-refractivity contribution in [2.75, 3.05) is 19.6 Å². The van der Waals surface area contributed by atoms with E-state index >= 15 is 0 Å². The fourth-order valence-electron chi connectivity index (χ4n) is 3.29. The number of amides is 1. The minimum atomic E-state index is 0.214. The second-order valence-electron chi connectivity index (χ2n) is 5.56. The van der Waals surface area contributed by atoms with Crippen molar-refractivity contribution in [1.29, 1.82) is 0 Å². The van der Waals surface area contributed by atoms with E-state index in [1.54, 1.807) is 0 Å². The third kappa shape index (κ3) is 2.40. The number of hydrogen-bond acceptors (Lipinski definition) is 2. The van der Waals surface area contributed by atoms with Crippen LogP contribution in [0.25, 0.3) is 0 Å². The lowest BCUT2D eigenvalue weighted by molar-refractivity contribution is 0.0573. The number of carbonyl (C=O) groups excluding carboxylic acids is 1. The van der Waals surface area contributed by atoms with Crippen molar-refractivity contribution < 1.29 is 4.79 Å². The van der Waals surface area contributed by atoms with Crippen LogP contribution in [0.2, 0.25) is 0 Å². The SMILES string of the molecule is Cc1cccc(C(=O)N2CCCC3CNCC32)c1I. The summed E-state index contributed by atoms with van der Waals surface area (Å²) in [5.74, 6) is 0.867. The van der Waals surface area contributed by atoms with Crippen molar-refractivity contribution >= 4 is 28.5 Å². The highest BCUT2D eigenvalue weighted by Gasteiger charge is 2.37. The first-order chi connectivity index (χ1) is 9.18. The predicted molar refractivity (Wildman–Crippen MR) is 84.3 cm³/mol. The number of benzene rings is 1. The molecule has 1 aromatic carbocycles. The maximum atomic E-state index is 12.8. The van der Waals surface area contributed by atoms with Gasteiger partial charge in [-0.3, -0.25) is 4.79 Å². The molecule has 2 heterocycles. The molecule has 0 spiro atoms. The molecule has 2 saturated heterocycles. The molecule has 102 valence electrons. The van der Waals surface area contributed by atoms with Crippen molar-refractivity contribution in [3.8, 4) is 0 Å². The number of hydrogen-bond donors (Lipinski definition) is 1. The summed E-state index contributed by atoms with van der Waals surface area (Å²) in [7, 11) is 0. The third-order valence-electron chi connectivity index (χ3n) is 4.36. The van der Waals surface area contributed by atoms with Crippen molar-refractivity contribution in [2.24, 2.45) is 5.92 Å². The highest BCUT2D eigenvalue weighted by Crippen LogP contribution is 2.29. The van der Waals surface area contributed by atoms with Gasteiger partial charge in [0, 0.05) is 29.2 Å². The summed E-state index contributed by atoms with van der Waals surface area (Å²) in [6.45, 7) is 5.00. The Bertz CT molecular complexity index is 503. The molecule has 1 N–H and O–H groups in total. The van der Waals surface area contributed by atoms with Gasteiger partial charge in [0.2, 0.25) is 0 Å². The van der Waals surface area contributed by atoms with Gasteiger partial charge in [0.15, 0.2) is 0 Å². The molecule has 0 bridgehead atoms. The molecule has 3 nitrogen and oxygen atoms in total. The van der Waals surface area contributed by atoms with E-state index in [2.05, 4.69) is 45.8 Å². The quantitative estimate of drug-likeness (QED) is 0.771. The van der Waals surface area contributed by atoms with Crippen molar-refractivity contribution in [3.05, 3.63) is 32.9 Å². The second kappa shape index (κ2) is 5.40. The number of fused-ring (bicyclic) bond motifs is 1. The molecular formula is C15H19IN2O. The molecular weight excluding hydrogens is 351 g/mol. The minimum Gasteiger partial charge on any atom is -0.334 e. The fraction of sp³-hybridized carbons (Fsp3) is 0.533. The van der Waals surface area contributed by atoms with Crippen molar-refractivity contribution in [2.45, 2.75) is 25.8 Å². The molecule has 19 heavy (non-hydrogen) atoms. The first-order valence-corrected chi connectivity index (χ1v) is 8.03. The Balaban J connectivity index is 1.88. The van der Waals surface area contributed by atoms with E-state index in [0.29, 0.717) is 12.0 Å². The summed E-state index contributed by atoms with van der Waals surface area (Å²) in [5, 5.41) is 3.43. The molecule has 2 unspecified atom stereocenters. The second-order valence-corrected chi connectivity index (χ2v) is 6.64. The van der Waals surface area contributed by atoms with Crippen molar-refractivity contribution in [3.63, 3.8) is 0 Å². The van der Waals surface area contributed by atoms with Gasteiger partial charge in [-0.2, -0.15) is 0 Å². The third-order valence-corrected chi connectivity index (χ3v) is 5.79. The van der Waals surface area contributed by atoms with E-state index in [1.807, 2.05) is 12.1 Å². The lowest BCUT2D eigenvalue weighted by atomic mass is 9.91. The van der Waals surface area contributed by atoms with Gasteiger partial charge in [0.05, 0.1) is 5.56 Å². The van der Waals surface area contributed by atoms with Crippen LogP contribution in [0.4, 0.5) is 0 Å². The van der Waals surface area contributed by atoms with E-state index in [0.717, 1.165) is 35.2 Å². The van der Waals surface area contributed by atoms with Crippen LogP contribution in [0, 0.1) is 16.4 Å². The Labute approximate surface area is 127 Å². The van der Waals surface area contributed by atoms with Crippen LogP contribution in [0.3, 0.4) is 0 Å². The average molecular weight is 370 g/mol. The molecule has 2 atom stereocenters. The summed E-state index contributed by atoms with van der Waals surface area (Å²) < 4.78 is 1.10. The maximum absolute atomic E-state index is 12.8. The zero-order valence-corrected chi connectivity index (χ0v) is 13.3. The fourth-order valence-corrected chi connectivity index (χ4v) is 3.88. The standard InChI is InChI=1S/C15H19IN2O/c1-10-4-2-6-12(14(10)16)15(19)18-7-3-5-11-8-17-9-13(11)18/h2,4,6,11,13,17H,3,5,7-9H2,1H3. The Hall–Kier alpha value is -0.620. The number of aryl methyl sites for hydroxylation is 1. The number of likely N-dealkylation sites (tertiary alicyclic amines) is 1. The number of halogens is 1. The van der Waals surface area contributed by atoms with E-state index < -0.39 is 0 Å². The zero-order valence-electron chi connectivity index (χ0n) is 11.2. The van der Waals surface area contributed by atoms with Crippen LogP contribution in [0.15, 0.2) is 18.2 Å². The monoisotopic (exact) mass is 370 g/mol. The number of nitrogens with zero attached hydrogens (tertiary/aromatic N) is 1. The molecule has 1 amide bonds. The van der Waals surface area contributed by atoms with Crippen LogP contribution in [-0.2, 0) is 0 Å². The largest absolute Gasteiger partial charge is 0.334 e. The molecule has 0 radical (unpaired) electrons. The minimum absolute atomic E-state index is 0.214. The molecule has 4 heteroatoms. The van der Waals surface area contributed by atoms with Crippen LogP contribution >= 0.6 is 22.6 Å². The molecule has 2 aliphatic rings. The topological polar surface area (TPSA) is 32.3 Å². The van der Waals surface area contributed by atoms with E-state index in [4.69, 9.17) is 0 Å². The normalized spacial score (nSPS) is 26.3. The molecule has 2 fully saturated rings. The molecule has 0 aliphatic carbocycles. The Morgan fingerprint density at radius 3 is 3.11 bits per heavy atom. The summed E-state index contributed by atoms with van der Waals surface area (Å²) in [6.07, 6.45) is 2.39. The van der Waals surface area contributed by atoms with Gasteiger partial charge in [-0.15, -0.1) is 0 Å². The smallest absolute Gasteiger partial charge is 0.255 e. The van der Waals surface area contributed by atoms with Crippen LogP contribution in [0.5, 0.6) is 0 Å². The predicted octanol–water partition coefficient (Wildman–Crippen LogP) is 2.42. The summed E-state index contributed by atoms with van der Waals surface area (Å²) >= 11 is 2.29. The number of nitrogens with one attached hydrogen (secondary N) is 1. The molecule has 2 aliphatic heterocycles. The van der Waals surface area contributed by atoms with Gasteiger partial charge in [-0.25, -0.2) is 0 Å². The number of piperidine rings is 1. The van der Waals surface area contributed by atoms with Gasteiger partial charge < -0.3 is 10.2 Å². The first kappa shape index (κ1) is 13.4. The van der Waals surface area contributed by atoms with Crippen molar-refractivity contribution in [1.82, 2.24) is 10.2 Å². The molecule has 0 saturated carbocycles. The maximum Gasteiger partial charge on any atom is 0.255 e. The Morgan fingerprint density at radius 2 is 2.26 bits per heavy atom. The number of rotatable bonds is 1. The van der Waals surface area contributed by atoms with Crippen LogP contribution < -0.4 is 5.32 Å². The lowest BCUT2D eigenvalue weighted by Crippen LogP contribution is -2.48. The highest BCUT2D eigenvalue weighted by molar-refractivity contribution is 14.1. The molecule has 1 aromatic rings. The van der Waals surface area contributed by atoms with Crippen LogP contribution in [-0.4, -0.2) is 36.5 Å². The van der Waals surface area contributed by atoms with Crippen LogP contribution in [0.1, 0.15) is 28.8 Å². The van der Waals surface area contributed by atoms with E-state index in [9.17, 15) is 4.79 Å². The number of carbonyl (C=O) groups is 1. The first-order valence-electron chi connectivity index (χ1n) is 6.95. The molecule has 0 aromatic heterocycles. The lowest BCUT2D eigenvalue weighted by Gasteiger charge is -2.37. The summed E-state index contributed by atoms with van der Waals surface area (Å²) in [4.78, 5) is 14.9. The summed E-state index contributed by atoms with van der Waals surface area (Å²) in [6, 6.07) is 6.41. The van der Waals surface area contributed by atoms with Gasteiger partial charge in [-0.1, -0.05) is 12.1 Å². The van der Waals surface area contributed by atoms with Gasteiger partial charge >= 0.3 is 0 Å². The van der Waals surface area contributed by atoms with Gasteiger partial charge in [0.25, 0.3) is 5.91 Å². The summed E-state index contributed by atoms with van der Waals surface area (Å²) in [5.41, 5.74) is 2.05. The highest BCUT2D eigenvalue weighted by atomic mass is 127. The molecule has 3 rings (SSSR count). The van der Waals surface area contributed by atoms with E-state index in [-0.39, 0.29) is 5.91 Å². The van der Waals surface area contributed by atoms with Gasteiger partial charge in [0.1, 0.15) is 0 Å². The Kier molecular flexibility index (Phi) is 3.80. The average Bonchev–Trinajstić information content (AvgIpc) is 2.89.